The number of aliphatic hydroxyl groups is 2. The largest absolute Gasteiger partial charge is 0.459 e. The van der Waals surface area contributed by atoms with Gasteiger partial charge in [-0.2, -0.15) is 0 Å². The highest BCUT2D eigenvalue weighted by molar-refractivity contribution is 5.92. The highest BCUT2D eigenvalue weighted by atomic mass is 16.7. The zero-order valence-electron chi connectivity index (χ0n) is 46.1. The van der Waals surface area contributed by atoms with Crippen LogP contribution in [0.5, 0.6) is 0 Å². The lowest BCUT2D eigenvalue weighted by atomic mass is 9.44. The summed E-state index contributed by atoms with van der Waals surface area (Å²) < 4.78 is 47.3. The van der Waals surface area contributed by atoms with Crippen molar-refractivity contribution in [3.63, 3.8) is 0 Å². The molecule has 1 heterocycles. The lowest BCUT2D eigenvalue weighted by molar-refractivity contribution is -0.315. The van der Waals surface area contributed by atoms with Crippen molar-refractivity contribution in [2.75, 3.05) is 26.9 Å². The molecule has 1 saturated heterocycles. The van der Waals surface area contributed by atoms with E-state index in [4.69, 9.17) is 37.9 Å². The van der Waals surface area contributed by atoms with Gasteiger partial charge in [0.05, 0.1) is 35.0 Å². The maximum Gasteiger partial charge on any atom is 0.338 e. The van der Waals surface area contributed by atoms with Crippen LogP contribution in [0.3, 0.4) is 0 Å². The fraction of sp³-hybridized carbons (Fsp3) is 0.531. The fourth-order valence-corrected chi connectivity index (χ4v) is 13.8. The third kappa shape index (κ3) is 13.3. The van der Waals surface area contributed by atoms with Crippen molar-refractivity contribution in [3.8, 4) is 0 Å². The maximum absolute atomic E-state index is 14.1. The monoisotopic (exact) mass is 1100 g/mol. The Morgan fingerprint density at radius 1 is 0.675 bits per heavy atom. The molecule has 0 aromatic heterocycles. The summed E-state index contributed by atoms with van der Waals surface area (Å²) >= 11 is 0. The highest BCUT2D eigenvalue weighted by Crippen LogP contribution is 2.67. The van der Waals surface area contributed by atoms with Gasteiger partial charge in [0.1, 0.15) is 43.1 Å². The molecule has 428 valence electrons. The number of Topliss-reactive ketones (excluding diaryl/α,β-unsaturated/α-hetero) is 2. The molecule has 0 amide bonds. The van der Waals surface area contributed by atoms with Crippen LogP contribution < -0.4 is 0 Å². The molecule has 4 aromatic carbocycles. The van der Waals surface area contributed by atoms with E-state index in [1.165, 1.54) is 7.11 Å². The molecule has 0 spiro atoms. The number of methoxy groups -OCH3 is 1. The van der Waals surface area contributed by atoms with E-state index in [1.807, 2.05) is 6.92 Å². The van der Waals surface area contributed by atoms with Gasteiger partial charge in [-0.3, -0.25) is 9.59 Å². The van der Waals surface area contributed by atoms with Crippen molar-refractivity contribution in [3.05, 3.63) is 144 Å². The zero-order valence-corrected chi connectivity index (χ0v) is 46.1. The van der Waals surface area contributed by atoms with Crippen molar-refractivity contribution in [1.29, 1.82) is 0 Å². The third-order valence-corrected chi connectivity index (χ3v) is 18.4. The minimum Gasteiger partial charge on any atom is -0.459 e. The molecule has 5 aliphatic rings. The Morgan fingerprint density at radius 3 is 1.86 bits per heavy atom. The molecule has 16 atom stereocenters. The Morgan fingerprint density at radius 2 is 1.25 bits per heavy atom. The first kappa shape index (κ1) is 58.5. The number of carbonyl (C=O) groups is 6. The smallest absolute Gasteiger partial charge is 0.338 e. The van der Waals surface area contributed by atoms with Gasteiger partial charge in [0, 0.05) is 32.3 Å². The first-order valence-corrected chi connectivity index (χ1v) is 28.4. The summed E-state index contributed by atoms with van der Waals surface area (Å²) in [5.41, 5.74) is 0.887. The van der Waals surface area contributed by atoms with E-state index >= 15 is 0 Å². The first-order valence-electron chi connectivity index (χ1n) is 28.4. The fourth-order valence-electron chi connectivity index (χ4n) is 13.8. The van der Waals surface area contributed by atoms with Crippen LogP contribution in [0, 0.1) is 46.3 Å². The molecule has 80 heavy (non-hydrogen) atoms. The molecule has 4 aliphatic carbocycles. The molecule has 9 rings (SSSR count). The van der Waals surface area contributed by atoms with E-state index < -0.39 is 67.0 Å². The minimum atomic E-state index is -1.55. The van der Waals surface area contributed by atoms with E-state index in [0.29, 0.717) is 60.1 Å². The lowest BCUT2D eigenvalue weighted by Crippen LogP contribution is -2.61. The quantitative estimate of drug-likeness (QED) is 0.0324. The highest BCUT2D eigenvalue weighted by Gasteiger charge is 2.63. The predicted octanol–water partition coefficient (Wildman–Crippen LogP) is 9.19. The summed E-state index contributed by atoms with van der Waals surface area (Å²) in [5.74, 6) is -1.63. The number of fused-ring (bicyclic) bond motifs is 5. The molecule has 4 saturated carbocycles. The molecule has 5 fully saturated rings. The summed E-state index contributed by atoms with van der Waals surface area (Å²) in [7, 11) is 1.42. The van der Waals surface area contributed by atoms with Crippen LogP contribution in [0.4, 0.5) is 0 Å². The summed E-state index contributed by atoms with van der Waals surface area (Å²) in [6.07, 6.45) is -2.11. The SMILES string of the molecule is CO[C@@H](OC[C@@H](C)CCC(=O)CC1C(=O)C[C@H]2C3CCC4CC(O[C@@H]5OC(COC(=O)c6ccccc6)[C@@H](O)C(OC(=O)c6ccccc6)C5O)CCC4(C)C3CCC12C)C(COC(=O)c1ccccc1)OC(=O)c1ccccc1. The van der Waals surface area contributed by atoms with Gasteiger partial charge in [-0.05, 0) is 140 Å². The standard InChI is InChI=1S/C64H76O16/c1-39(36-76-61(73-4)53(78-59(71)42-21-13-7-14-22-42)38-75-58(70)41-19-11-6-12-20-41)25-27-45(65)34-50-51(66)35-49-47-28-26-44-33-46(29-31-63(44,2)48(47)30-32-64(49,50)3)77-62-55(68)56(80-60(72)43-23-15-8-16-24-43)54(67)52(79-62)37-74-57(69)40-17-9-5-10-18-40/h5-24,39,44,46-50,52-56,61-62,67-68H,25-38H2,1-4H3/t39-,44?,46?,47?,48?,49-,50?,52?,53?,54+,55?,56?,61-,62+,63?,64?/m0/s1. The van der Waals surface area contributed by atoms with Crippen molar-refractivity contribution >= 4 is 35.4 Å². The number of ether oxygens (including phenoxy) is 8. The second-order valence-electron chi connectivity index (χ2n) is 23.3. The summed E-state index contributed by atoms with van der Waals surface area (Å²) in [6, 6.07) is 33.6. The molecular formula is C64H76O16. The van der Waals surface area contributed by atoms with Crippen molar-refractivity contribution < 1.29 is 76.9 Å². The van der Waals surface area contributed by atoms with Crippen LogP contribution in [-0.4, -0.2) is 122 Å². The maximum atomic E-state index is 14.1. The second kappa shape index (κ2) is 26.2. The Balaban J connectivity index is 0.776. The Kier molecular flexibility index (Phi) is 19.2. The van der Waals surface area contributed by atoms with Crippen molar-refractivity contribution in [2.24, 2.45) is 46.3 Å². The molecule has 2 N–H and O–H groups in total. The minimum absolute atomic E-state index is 0.0264. The van der Waals surface area contributed by atoms with Gasteiger partial charge in [-0.1, -0.05) is 93.6 Å². The molecule has 0 bridgehead atoms. The molecule has 16 nitrogen and oxygen atoms in total. The Bertz CT molecular complexity index is 2740. The van der Waals surface area contributed by atoms with Gasteiger partial charge in [0.2, 0.25) is 0 Å². The summed E-state index contributed by atoms with van der Waals surface area (Å²) in [6.45, 7) is 6.05. The average Bonchev–Trinajstić information content (AvgIpc) is 3.75. The van der Waals surface area contributed by atoms with Crippen molar-refractivity contribution in [1.82, 2.24) is 0 Å². The summed E-state index contributed by atoms with van der Waals surface area (Å²) in [5, 5.41) is 23.2. The van der Waals surface area contributed by atoms with Gasteiger partial charge in [-0.25, -0.2) is 19.2 Å². The van der Waals surface area contributed by atoms with Crippen LogP contribution >= 0.6 is 0 Å². The van der Waals surface area contributed by atoms with Crippen LogP contribution in [0.25, 0.3) is 0 Å². The normalized spacial score (nSPS) is 31.0. The topological polar surface area (TPSA) is 217 Å². The van der Waals surface area contributed by atoms with Gasteiger partial charge in [0.15, 0.2) is 24.8 Å². The van der Waals surface area contributed by atoms with E-state index in [2.05, 4.69) is 13.8 Å². The number of ketones is 2. The first-order chi connectivity index (χ1) is 38.6. The van der Waals surface area contributed by atoms with Crippen LogP contribution in [-0.2, 0) is 47.5 Å². The molecule has 1 aliphatic heterocycles. The number of hydrogen-bond acceptors (Lipinski definition) is 16. The molecular weight excluding hydrogens is 1020 g/mol. The number of carbonyl (C=O) groups excluding carboxylic acids is 6. The number of hydrogen-bond donors (Lipinski definition) is 2. The van der Waals surface area contributed by atoms with Gasteiger partial charge < -0.3 is 48.1 Å². The van der Waals surface area contributed by atoms with E-state index in [-0.39, 0.29) is 84.5 Å². The van der Waals surface area contributed by atoms with Crippen molar-refractivity contribution in [2.45, 2.75) is 141 Å². The Hall–Kier alpha value is -6.14. The zero-order chi connectivity index (χ0) is 56.6. The van der Waals surface area contributed by atoms with E-state index in [1.54, 1.807) is 121 Å². The average molecular weight is 1100 g/mol. The van der Waals surface area contributed by atoms with E-state index in [0.717, 1.165) is 32.1 Å². The molecule has 4 aromatic rings. The van der Waals surface area contributed by atoms with Crippen LogP contribution in [0.1, 0.15) is 133 Å². The van der Waals surface area contributed by atoms with Gasteiger partial charge in [-0.15, -0.1) is 0 Å². The lowest BCUT2D eigenvalue weighted by Gasteiger charge is -2.61. The third-order valence-electron chi connectivity index (χ3n) is 18.4. The number of aliphatic hydroxyl groups excluding tert-OH is 2. The number of esters is 4. The summed E-state index contributed by atoms with van der Waals surface area (Å²) in [4.78, 5) is 80.2. The van der Waals surface area contributed by atoms with Gasteiger partial charge in [0.25, 0.3) is 0 Å². The second-order valence-corrected chi connectivity index (χ2v) is 23.3. The molecule has 11 unspecified atom stereocenters. The number of rotatable bonds is 22. The number of benzene rings is 4. The predicted molar refractivity (Wildman–Crippen MR) is 291 cm³/mol. The molecule has 0 radical (unpaired) electrons. The van der Waals surface area contributed by atoms with E-state index in [9.17, 15) is 39.0 Å². The van der Waals surface area contributed by atoms with Gasteiger partial charge >= 0.3 is 23.9 Å². The van der Waals surface area contributed by atoms with Crippen LogP contribution in [0.2, 0.25) is 0 Å². The van der Waals surface area contributed by atoms with Crippen LogP contribution in [0.15, 0.2) is 121 Å². The Labute approximate surface area is 468 Å². The molecule has 16 heteroatoms.